The standard InChI is InChI=1S/C6H13NO/c1-6-5-7(2)3-4-8-6/h6-7H,2-5H2,1H3/t6-/m0/s1. The number of hydrogen-bond acceptors (Lipinski definition) is 1. The molecule has 2 nitrogen and oxygen atoms in total. The van der Waals surface area contributed by atoms with Crippen LogP contribution < -0.4 is 4.90 Å². The predicted molar refractivity (Wildman–Crippen MR) is 31.5 cm³/mol. The van der Waals surface area contributed by atoms with Crippen LogP contribution in [0.15, 0.2) is 0 Å². The lowest BCUT2D eigenvalue weighted by molar-refractivity contribution is -0.866. The molecule has 0 aromatic rings. The van der Waals surface area contributed by atoms with Gasteiger partial charge in [-0.15, -0.1) is 0 Å². The molecule has 8 heavy (non-hydrogen) atoms. The van der Waals surface area contributed by atoms with Crippen LogP contribution in [0.3, 0.4) is 0 Å². The molecule has 2 atom stereocenters. The van der Waals surface area contributed by atoms with E-state index in [2.05, 4.69) is 14.0 Å². The first-order valence-electron chi connectivity index (χ1n) is 3.07. The van der Waals surface area contributed by atoms with Crippen LogP contribution in [0, 0.1) is 7.05 Å². The summed E-state index contributed by atoms with van der Waals surface area (Å²) in [6, 6.07) is 0. The highest BCUT2D eigenvalue weighted by Gasteiger charge is 2.11. The average molecular weight is 115 g/mol. The van der Waals surface area contributed by atoms with Crippen LogP contribution in [0.5, 0.6) is 0 Å². The van der Waals surface area contributed by atoms with E-state index in [9.17, 15) is 0 Å². The third-order valence-electron chi connectivity index (χ3n) is 1.43. The van der Waals surface area contributed by atoms with Gasteiger partial charge in [-0.25, -0.2) is 0 Å². The van der Waals surface area contributed by atoms with Crippen molar-refractivity contribution in [3.05, 3.63) is 7.05 Å². The van der Waals surface area contributed by atoms with E-state index in [4.69, 9.17) is 4.74 Å². The topological polar surface area (TPSA) is 13.7 Å². The molecule has 48 valence electrons. The lowest BCUT2D eigenvalue weighted by Crippen LogP contribution is -3.09. The molecule has 0 aliphatic carbocycles. The molecule has 1 saturated heterocycles. The van der Waals surface area contributed by atoms with Crippen molar-refractivity contribution in [3.8, 4) is 0 Å². The Morgan fingerprint density at radius 3 is 2.88 bits per heavy atom. The third-order valence-corrected chi connectivity index (χ3v) is 1.43. The molecule has 0 amide bonds. The van der Waals surface area contributed by atoms with E-state index in [1.807, 2.05) is 0 Å². The average Bonchev–Trinajstić information content (AvgIpc) is 1.64. The summed E-state index contributed by atoms with van der Waals surface area (Å²) in [5.74, 6) is 0. The van der Waals surface area contributed by atoms with Gasteiger partial charge in [-0.3, -0.25) is 0 Å². The van der Waals surface area contributed by atoms with Gasteiger partial charge in [-0.05, 0) is 6.92 Å². The number of morpholine rings is 1. The van der Waals surface area contributed by atoms with Gasteiger partial charge >= 0.3 is 0 Å². The molecule has 1 heterocycles. The van der Waals surface area contributed by atoms with Crippen LogP contribution in [0.1, 0.15) is 6.92 Å². The summed E-state index contributed by atoms with van der Waals surface area (Å²) in [6.07, 6.45) is 0.413. The Morgan fingerprint density at radius 1 is 1.75 bits per heavy atom. The normalized spacial score (nSPS) is 39.8. The Bertz CT molecular complexity index is 66.9. The maximum absolute atomic E-state index is 5.29. The van der Waals surface area contributed by atoms with Gasteiger partial charge in [0.25, 0.3) is 0 Å². The molecule has 0 aromatic heterocycles. The van der Waals surface area contributed by atoms with Crippen LogP contribution in [-0.2, 0) is 4.74 Å². The van der Waals surface area contributed by atoms with Gasteiger partial charge in [0, 0.05) is 0 Å². The minimum absolute atomic E-state index is 0.413. The summed E-state index contributed by atoms with van der Waals surface area (Å²) >= 11 is 0. The zero-order chi connectivity index (χ0) is 5.98. The van der Waals surface area contributed by atoms with Crippen molar-refractivity contribution in [2.24, 2.45) is 0 Å². The first kappa shape index (κ1) is 6.05. The van der Waals surface area contributed by atoms with Crippen molar-refractivity contribution in [3.63, 3.8) is 0 Å². The summed E-state index contributed by atoms with van der Waals surface area (Å²) in [5, 5.41) is 0. The zero-order valence-electron chi connectivity index (χ0n) is 5.31. The lowest BCUT2D eigenvalue weighted by atomic mass is 10.3. The minimum Gasteiger partial charge on any atom is -0.464 e. The van der Waals surface area contributed by atoms with Gasteiger partial charge < -0.3 is 9.64 Å². The van der Waals surface area contributed by atoms with Crippen LogP contribution in [-0.4, -0.2) is 25.8 Å². The molecule has 1 N–H and O–H groups in total. The second-order valence-corrected chi connectivity index (χ2v) is 2.39. The molecular formula is C6H13NO. The Labute approximate surface area is 50.4 Å². The molecule has 0 aromatic carbocycles. The largest absolute Gasteiger partial charge is 0.464 e. The molecule has 1 rings (SSSR count). The van der Waals surface area contributed by atoms with Crippen LogP contribution in [0.25, 0.3) is 0 Å². The van der Waals surface area contributed by atoms with E-state index in [1.54, 1.807) is 0 Å². The van der Waals surface area contributed by atoms with E-state index >= 15 is 0 Å². The summed E-state index contributed by atoms with van der Waals surface area (Å²) in [5.41, 5.74) is 0. The number of rotatable bonds is 0. The number of hydrogen-bond donors (Lipinski definition) is 1. The number of ether oxygens (including phenoxy) is 1. The predicted octanol–water partition coefficient (Wildman–Crippen LogP) is -0.918. The van der Waals surface area contributed by atoms with Gasteiger partial charge in [-0.1, -0.05) is 0 Å². The highest BCUT2D eigenvalue weighted by molar-refractivity contribution is 4.49. The number of quaternary nitrogens is 1. The van der Waals surface area contributed by atoms with Crippen molar-refractivity contribution in [2.75, 3.05) is 19.7 Å². The molecule has 0 radical (unpaired) electrons. The molecule has 1 aliphatic heterocycles. The van der Waals surface area contributed by atoms with Crippen LogP contribution in [0.4, 0.5) is 0 Å². The highest BCUT2D eigenvalue weighted by atomic mass is 16.5. The van der Waals surface area contributed by atoms with E-state index in [-0.39, 0.29) is 0 Å². The van der Waals surface area contributed by atoms with E-state index < -0.39 is 0 Å². The summed E-state index contributed by atoms with van der Waals surface area (Å²) < 4.78 is 5.29. The minimum atomic E-state index is 0.413. The third kappa shape index (κ3) is 1.46. The van der Waals surface area contributed by atoms with Crippen LogP contribution >= 0.6 is 0 Å². The summed E-state index contributed by atoms with van der Waals surface area (Å²) in [7, 11) is 3.88. The maximum Gasteiger partial charge on any atom is 0.102 e. The molecule has 0 spiro atoms. The van der Waals surface area contributed by atoms with Gasteiger partial charge in [-0.2, -0.15) is 7.05 Å². The second kappa shape index (κ2) is 2.46. The van der Waals surface area contributed by atoms with Crippen molar-refractivity contribution in [1.82, 2.24) is 0 Å². The Morgan fingerprint density at radius 2 is 2.50 bits per heavy atom. The maximum atomic E-state index is 5.29. The second-order valence-electron chi connectivity index (χ2n) is 2.39. The van der Waals surface area contributed by atoms with E-state index in [0.29, 0.717) is 6.10 Å². The van der Waals surface area contributed by atoms with Crippen molar-refractivity contribution >= 4 is 0 Å². The summed E-state index contributed by atoms with van der Waals surface area (Å²) in [6.45, 7) is 5.08. The van der Waals surface area contributed by atoms with Crippen molar-refractivity contribution in [1.29, 1.82) is 0 Å². The molecule has 1 unspecified atom stereocenters. The number of nitrogens with one attached hydrogen (secondary N) is 1. The SMILES string of the molecule is [CH2-][NH+]1CCO[C@@H](C)C1. The monoisotopic (exact) mass is 115 g/mol. The molecular weight excluding hydrogens is 102 g/mol. The van der Waals surface area contributed by atoms with Gasteiger partial charge in [0.15, 0.2) is 0 Å². The van der Waals surface area contributed by atoms with Gasteiger partial charge in [0.05, 0.1) is 19.7 Å². The molecule has 1 fully saturated rings. The van der Waals surface area contributed by atoms with Crippen LogP contribution in [0.2, 0.25) is 0 Å². The molecule has 0 bridgehead atoms. The van der Waals surface area contributed by atoms with Crippen molar-refractivity contribution in [2.45, 2.75) is 13.0 Å². The van der Waals surface area contributed by atoms with E-state index in [1.165, 1.54) is 4.90 Å². The highest BCUT2D eigenvalue weighted by Crippen LogP contribution is 1.87. The molecule has 1 aliphatic rings. The van der Waals surface area contributed by atoms with Gasteiger partial charge in [0.2, 0.25) is 0 Å². The molecule has 0 saturated carbocycles. The lowest BCUT2D eigenvalue weighted by Gasteiger charge is -2.29. The first-order valence-corrected chi connectivity index (χ1v) is 3.07. The summed E-state index contributed by atoms with van der Waals surface area (Å²) in [4.78, 5) is 1.34. The quantitative estimate of drug-likeness (QED) is 0.403. The smallest absolute Gasteiger partial charge is 0.102 e. The Hall–Kier alpha value is -0.0800. The zero-order valence-corrected chi connectivity index (χ0v) is 5.31. The fourth-order valence-electron chi connectivity index (χ4n) is 0.972. The fraction of sp³-hybridized carbons (Fsp3) is 0.833. The Kier molecular flexibility index (Phi) is 1.86. The van der Waals surface area contributed by atoms with Gasteiger partial charge in [0.1, 0.15) is 6.10 Å². The molecule has 2 heteroatoms. The fourth-order valence-corrected chi connectivity index (χ4v) is 0.972. The van der Waals surface area contributed by atoms with Crippen molar-refractivity contribution < 1.29 is 9.64 Å². The Balaban J connectivity index is 2.23. The van der Waals surface area contributed by atoms with E-state index in [0.717, 1.165) is 19.7 Å². The first-order chi connectivity index (χ1) is 3.79.